The standard InChI is InChI=1S/C56H107NO5/c1-3-5-7-9-11-13-15-17-19-21-23-25-27-28-30-31-33-35-37-39-41-43-45-47-49-53(59)55(61)52(51-58)57-56(62)54(60)50-48-46-44-42-40-38-36-34-32-29-26-24-22-20-18-16-14-12-10-8-6-4-2/h32-35,41,43,52-55,58-61H,3-31,36-40,42,44-51H2,1-2H3,(H,57,62)/b34-32-,35-33+,43-41+. The molecular formula is C56H107NO5. The molecule has 0 radical (unpaired) electrons. The van der Waals surface area contributed by atoms with Crippen molar-refractivity contribution in [2.75, 3.05) is 6.61 Å². The molecule has 0 aromatic carbocycles. The summed E-state index contributed by atoms with van der Waals surface area (Å²) in [5.74, 6) is -0.600. The lowest BCUT2D eigenvalue weighted by Gasteiger charge is -2.27. The highest BCUT2D eigenvalue weighted by Crippen LogP contribution is 2.17. The average Bonchev–Trinajstić information content (AvgIpc) is 3.28. The maximum Gasteiger partial charge on any atom is 0.249 e. The van der Waals surface area contributed by atoms with Gasteiger partial charge >= 0.3 is 0 Å². The molecule has 0 aliphatic heterocycles. The van der Waals surface area contributed by atoms with Gasteiger partial charge in [0.1, 0.15) is 12.2 Å². The van der Waals surface area contributed by atoms with Gasteiger partial charge in [0.2, 0.25) is 5.91 Å². The van der Waals surface area contributed by atoms with E-state index in [0.29, 0.717) is 19.3 Å². The SMILES string of the molecule is CCCCCCCCCCCCCC/C=C\CCCCCCCCC(O)C(=O)NC(CO)C(O)C(O)CCC/C=C/CC/C=C/CCCCCCCCCCCCCCCCC. The normalized spacial score (nSPS) is 14.1. The van der Waals surface area contributed by atoms with Crippen molar-refractivity contribution >= 4 is 5.91 Å². The molecule has 0 saturated heterocycles. The van der Waals surface area contributed by atoms with Crippen molar-refractivity contribution < 1.29 is 25.2 Å². The van der Waals surface area contributed by atoms with Gasteiger partial charge in [-0.15, -0.1) is 0 Å². The van der Waals surface area contributed by atoms with Crippen molar-refractivity contribution in [3.05, 3.63) is 36.5 Å². The van der Waals surface area contributed by atoms with Crippen LogP contribution in [0, 0.1) is 0 Å². The van der Waals surface area contributed by atoms with E-state index in [2.05, 4.69) is 55.6 Å². The second-order valence-corrected chi connectivity index (χ2v) is 18.9. The fraction of sp³-hybridized carbons (Fsp3) is 0.875. The number of allylic oxidation sites excluding steroid dienone is 6. The third-order valence-electron chi connectivity index (χ3n) is 12.8. The highest BCUT2D eigenvalue weighted by atomic mass is 16.3. The Balaban J connectivity index is 3.72. The number of nitrogens with one attached hydrogen (secondary N) is 1. The molecule has 0 heterocycles. The Bertz CT molecular complexity index is 981. The zero-order valence-corrected chi connectivity index (χ0v) is 41.4. The Labute approximate surface area is 386 Å². The number of rotatable bonds is 50. The highest BCUT2D eigenvalue weighted by Gasteiger charge is 2.28. The lowest BCUT2D eigenvalue weighted by atomic mass is 10.00. The van der Waals surface area contributed by atoms with Gasteiger partial charge in [-0.05, 0) is 77.0 Å². The summed E-state index contributed by atoms with van der Waals surface area (Å²) in [7, 11) is 0. The van der Waals surface area contributed by atoms with Gasteiger partial charge in [-0.25, -0.2) is 0 Å². The van der Waals surface area contributed by atoms with E-state index in [1.165, 1.54) is 199 Å². The molecule has 0 aromatic heterocycles. The number of hydrogen-bond donors (Lipinski definition) is 5. The summed E-state index contributed by atoms with van der Waals surface area (Å²) in [6.45, 7) is 4.07. The first-order chi connectivity index (χ1) is 30.5. The molecule has 0 aliphatic rings. The summed E-state index contributed by atoms with van der Waals surface area (Å²) in [6.07, 6.45) is 62.1. The van der Waals surface area contributed by atoms with E-state index in [-0.39, 0.29) is 0 Å². The van der Waals surface area contributed by atoms with Gasteiger partial charge < -0.3 is 25.7 Å². The van der Waals surface area contributed by atoms with Gasteiger partial charge in [-0.1, -0.05) is 243 Å². The summed E-state index contributed by atoms with van der Waals surface area (Å²) in [6, 6.07) is -1.01. The van der Waals surface area contributed by atoms with Crippen LogP contribution in [-0.2, 0) is 4.79 Å². The molecule has 4 atom stereocenters. The van der Waals surface area contributed by atoms with E-state index in [9.17, 15) is 25.2 Å². The molecule has 4 unspecified atom stereocenters. The smallest absolute Gasteiger partial charge is 0.249 e. The fourth-order valence-corrected chi connectivity index (χ4v) is 8.48. The second-order valence-electron chi connectivity index (χ2n) is 18.9. The Kier molecular flexibility index (Phi) is 49.3. The molecule has 0 aliphatic carbocycles. The van der Waals surface area contributed by atoms with Crippen LogP contribution >= 0.6 is 0 Å². The Morgan fingerprint density at radius 1 is 0.387 bits per heavy atom. The van der Waals surface area contributed by atoms with Crippen molar-refractivity contribution in [1.29, 1.82) is 0 Å². The van der Waals surface area contributed by atoms with Crippen molar-refractivity contribution in [2.24, 2.45) is 0 Å². The number of carbonyl (C=O) groups is 1. The number of amides is 1. The maximum absolute atomic E-state index is 12.6. The van der Waals surface area contributed by atoms with E-state index < -0.39 is 36.9 Å². The molecule has 0 aromatic rings. The van der Waals surface area contributed by atoms with Crippen LogP contribution in [0.25, 0.3) is 0 Å². The molecule has 62 heavy (non-hydrogen) atoms. The summed E-state index contributed by atoms with van der Waals surface area (Å²) < 4.78 is 0. The quantitative estimate of drug-likeness (QED) is 0.0309. The predicted octanol–water partition coefficient (Wildman–Crippen LogP) is 15.6. The Hall–Kier alpha value is -1.47. The minimum Gasteiger partial charge on any atom is -0.394 e. The summed E-state index contributed by atoms with van der Waals surface area (Å²) in [5, 5.41) is 43.9. The summed E-state index contributed by atoms with van der Waals surface area (Å²) in [5.41, 5.74) is 0. The van der Waals surface area contributed by atoms with Crippen molar-refractivity contribution in [3.63, 3.8) is 0 Å². The maximum atomic E-state index is 12.6. The predicted molar refractivity (Wildman–Crippen MR) is 270 cm³/mol. The van der Waals surface area contributed by atoms with Crippen LogP contribution in [0.2, 0.25) is 0 Å². The van der Waals surface area contributed by atoms with Crippen molar-refractivity contribution in [2.45, 2.75) is 308 Å². The van der Waals surface area contributed by atoms with Crippen LogP contribution < -0.4 is 5.32 Å². The van der Waals surface area contributed by atoms with Crippen molar-refractivity contribution in [1.82, 2.24) is 5.32 Å². The number of unbranched alkanes of at least 4 members (excludes halogenated alkanes) is 35. The number of aliphatic hydroxyl groups is 4. The monoisotopic (exact) mass is 874 g/mol. The van der Waals surface area contributed by atoms with E-state index in [1.54, 1.807) is 0 Å². The minimum absolute atomic E-state index is 0.353. The molecule has 0 saturated carbocycles. The average molecular weight is 874 g/mol. The molecule has 5 N–H and O–H groups in total. The third-order valence-corrected chi connectivity index (χ3v) is 12.8. The van der Waals surface area contributed by atoms with Gasteiger partial charge in [0.15, 0.2) is 0 Å². The summed E-state index contributed by atoms with van der Waals surface area (Å²) in [4.78, 5) is 12.6. The first-order valence-electron chi connectivity index (χ1n) is 27.4. The van der Waals surface area contributed by atoms with E-state index in [0.717, 1.165) is 51.4 Å². The first kappa shape index (κ1) is 60.5. The first-order valence-corrected chi connectivity index (χ1v) is 27.4. The molecule has 366 valence electrons. The minimum atomic E-state index is -1.29. The Morgan fingerprint density at radius 3 is 1.02 bits per heavy atom. The van der Waals surface area contributed by atoms with Gasteiger partial charge in [0.25, 0.3) is 0 Å². The van der Waals surface area contributed by atoms with E-state index in [1.807, 2.05) is 0 Å². The number of carbonyl (C=O) groups excluding carboxylic acids is 1. The van der Waals surface area contributed by atoms with E-state index in [4.69, 9.17) is 0 Å². The molecule has 1 amide bonds. The molecule has 6 nitrogen and oxygen atoms in total. The Morgan fingerprint density at radius 2 is 0.677 bits per heavy atom. The zero-order chi connectivity index (χ0) is 45.2. The molecule has 0 rings (SSSR count). The molecule has 0 bridgehead atoms. The molecule has 0 spiro atoms. The van der Waals surface area contributed by atoms with Gasteiger partial charge in [-0.2, -0.15) is 0 Å². The summed E-state index contributed by atoms with van der Waals surface area (Å²) >= 11 is 0. The van der Waals surface area contributed by atoms with Crippen LogP contribution in [-0.4, -0.2) is 57.3 Å². The highest BCUT2D eigenvalue weighted by molar-refractivity contribution is 5.80. The van der Waals surface area contributed by atoms with Crippen molar-refractivity contribution in [3.8, 4) is 0 Å². The largest absolute Gasteiger partial charge is 0.394 e. The van der Waals surface area contributed by atoms with E-state index >= 15 is 0 Å². The van der Waals surface area contributed by atoms with Gasteiger partial charge in [0, 0.05) is 0 Å². The molecular weight excluding hydrogens is 767 g/mol. The van der Waals surface area contributed by atoms with Gasteiger partial charge in [0.05, 0.1) is 18.8 Å². The third kappa shape index (κ3) is 43.8. The zero-order valence-electron chi connectivity index (χ0n) is 41.4. The lowest BCUT2D eigenvalue weighted by molar-refractivity contribution is -0.132. The number of aliphatic hydroxyl groups excluding tert-OH is 4. The topological polar surface area (TPSA) is 110 Å². The van der Waals surface area contributed by atoms with Gasteiger partial charge in [-0.3, -0.25) is 4.79 Å². The molecule has 6 heteroatoms. The number of hydrogen-bond acceptors (Lipinski definition) is 5. The molecule has 0 fully saturated rings. The van der Waals surface area contributed by atoms with Crippen LogP contribution in [0.4, 0.5) is 0 Å². The van der Waals surface area contributed by atoms with Crippen LogP contribution in [0.15, 0.2) is 36.5 Å². The lowest BCUT2D eigenvalue weighted by Crippen LogP contribution is -2.53. The second kappa shape index (κ2) is 50.5. The van der Waals surface area contributed by atoms with Crippen LogP contribution in [0.3, 0.4) is 0 Å². The van der Waals surface area contributed by atoms with Crippen LogP contribution in [0.1, 0.15) is 284 Å². The van der Waals surface area contributed by atoms with Crippen LogP contribution in [0.5, 0.6) is 0 Å². The fourth-order valence-electron chi connectivity index (χ4n) is 8.48.